The predicted octanol–water partition coefficient (Wildman–Crippen LogP) is 4.40. The molecule has 154 valence electrons. The van der Waals surface area contributed by atoms with Crippen LogP contribution >= 0.6 is 11.8 Å². The summed E-state index contributed by atoms with van der Waals surface area (Å²) in [5.41, 5.74) is 8.90. The van der Waals surface area contributed by atoms with Crippen molar-refractivity contribution in [2.24, 2.45) is 0 Å². The van der Waals surface area contributed by atoms with Gasteiger partial charge < -0.3 is 16.0 Å². The zero-order valence-electron chi connectivity index (χ0n) is 16.4. The molecule has 0 atom stereocenters. The molecule has 4 heterocycles. The Morgan fingerprint density at radius 2 is 1.74 bits per heavy atom. The summed E-state index contributed by atoms with van der Waals surface area (Å²) in [7, 11) is 0. The minimum atomic E-state index is -0.323. The summed E-state index contributed by atoms with van der Waals surface area (Å²) in [5, 5.41) is 3.13. The van der Waals surface area contributed by atoms with Gasteiger partial charge in [0.05, 0.1) is 0 Å². The molecule has 0 unspecified atom stereocenters. The van der Waals surface area contributed by atoms with Crippen LogP contribution in [0.3, 0.4) is 0 Å². The summed E-state index contributed by atoms with van der Waals surface area (Å²) in [6.07, 6.45) is 7.02. The molecule has 31 heavy (non-hydrogen) atoms. The van der Waals surface area contributed by atoms with Gasteiger partial charge in [-0.25, -0.2) is 4.39 Å². The number of benzene rings is 1. The van der Waals surface area contributed by atoms with Crippen LogP contribution in [0.2, 0.25) is 0 Å². The molecule has 9 heteroatoms. The highest BCUT2D eigenvalue weighted by Crippen LogP contribution is 2.32. The standard InChI is InChI=1S/C22H18FN7S/c23-18-9-16(1-2-19(18)31-17-4-7-25-8-5-17)27-20-10-21(29-22(24)28-20)30-12-14-3-6-26-11-15(14)13-30/h1-11H,12-13H2,(H3,24,27,28,29). The lowest BCUT2D eigenvalue weighted by Gasteiger charge is -2.18. The molecule has 7 nitrogen and oxygen atoms in total. The molecule has 1 aliphatic heterocycles. The van der Waals surface area contributed by atoms with Crippen molar-refractivity contribution in [3.05, 3.63) is 84.2 Å². The van der Waals surface area contributed by atoms with Gasteiger partial charge in [-0.3, -0.25) is 9.97 Å². The number of fused-ring (bicyclic) bond motifs is 1. The predicted molar refractivity (Wildman–Crippen MR) is 119 cm³/mol. The lowest BCUT2D eigenvalue weighted by Crippen LogP contribution is -2.17. The summed E-state index contributed by atoms with van der Waals surface area (Å²) in [4.78, 5) is 20.3. The van der Waals surface area contributed by atoms with Gasteiger partial charge in [-0.2, -0.15) is 9.97 Å². The van der Waals surface area contributed by atoms with E-state index in [1.165, 1.54) is 29.0 Å². The van der Waals surface area contributed by atoms with Crippen molar-refractivity contribution in [3.63, 3.8) is 0 Å². The summed E-state index contributed by atoms with van der Waals surface area (Å²) < 4.78 is 14.6. The molecule has 4 aromatic rings. The first-order valence-electron chi connectivity index (χ1n) is 9.60. The van der Waals surface area contributed by atoms with E-state index in [1.54, 1.807) is 24.7 Å². The fourth-order valence-corrected chi connectivity index (χ4v) is 4.21. The van der Waals surface area contributed by atoms with Crippen molar-refractivity contribution in [1.82, 2.24) is 19.9 Å². The van der Waals surface area contributed by atoms with Crippen molar-refractivity contribution in [3.8, 4) is 0 Å². The number of anilines is 4. The second-order valence-electron chi connectivity index (χ2n) is 7.03. The molecule has 5 rings (SSSR count). The smallest absolute Gasteiger partial charge is 0.223 e. The highest BCUT2D eigenvalue weighted by Gasteiger charge is 2.21. The van der Waals surface area contributed by atoms with Gasteiger partial charge in [0.1, 0.15) is 17.5 Å². The van der Waals surface area contributed by atoms with Crippen LogP contribution in [0.25, 0.3) is 0 Å². The van der Waals surface area contributed by atoms with Crippen LogP contribution in [-0.4, -0.2) is 19.9 Å². The van der Waals surface area contributed by atoms with E-state index in [4.69, 9.17) is 5.73 Å². The second kappa shape index (κ2) is 8.19. The maximum absolute atomic E-state index is 14.6. The van der Waals surface area contributed by atoms with Gasteiger partial charge in [0.2, 0.25) is 5.95 Å². The van der Waals surface area contributed by atoms with Crippen LogP contribution in [0.4, 0.5) is 27.7 Å². The summed E-state index contributed by atoms with van der Waals surface area (Å²) in [6, 6.07) is 12.5. The number of halogens is 1. The number of nitrogen functional groups attached to an aromatic ring is 1. The number of nitrogens with two attached hydrogens (primary N) is 1. The Bertz CT molecular complexity index is 1210. The number of hydrogen-bond donors (Lipinski definition) is 2. The minimum Gasteiger partial charge on any atom is -0.368 e. The zero-order chi connectivity index (χ0) is 21.2. The molecule has 1 aromatic carbocycles. The van der Waals surface area contributed by atoms with Gasteiger partial charge in [-0.05, 0) is 47.5 Å². The maximum atomic E-state index is 14.6. The highest BCUT2D eigenvalue weighted by molar-refractivity contribution is 7.99. The number of pyridine rings is 2. The van der Waals surface area contributed by atoms with Gasteiger partial charge in [0.25, 0.3) is 0 Å². The van der Waals surface area contributed by atoms with Crippen LogP contribution in [-0.2, 0) is 13.1 Å². The lowest BCUT2D eigenvalue weighted by atomic mass is 10.2. The Balaban J connectivity index is 1.34. The number of aromatic nitrogens is 4. The lowest BCUT2D eigenvalue weighted by molar-refractivity contribution is 0.602. The molecule has 0 radical (unpaired) electrons. The summed E-state index contributed by atoms with van der Waals surface area (Å²) in [6.45, 7) is 1.43. The van der Waals surface area contributed by atoms with Crippen molar-refractivity contribution in [2.75, 3.05) is 16.0 Å². The van der Waals surface area contributed by atoms with E-state index in [-0.39, 0.29) is 11.8 Å². The van der Waals surface area contributed by atoms with Crippen molar-refractivity contribution < 1.29 is 4.39 Å². The first-order valence-corrected chi connectivity index (χ1v) is 10.4. The minimum absolute atomic E-state index is 0.152. The summed E-state index contributed by atoms with van der Waals surface area (Å²) >= 11 is 1.34. The molecule has 0 saturated carbocycles. The largest absolute Gasteiger partial charge is 0.368 e. The van der Waals surface area contributed by atoms with Gasteiger partial charge in [0.15, 0.2) is 0 Å². The van der Waals surface area contributed by atoms with E-state index in [1.807, 2.05) is 36.5 Å². The number of nitrogens with one attached hydrogen (secondary N) is 1. The van der Waals surface area contributed by atoms with E-state index < -0.39 is 0 Å². The van der Waals surface area contributed by atoms with Gasteiger partial charge in [-0.15, -0.1) is 0 Å². The molecule has 0 spiro atoms. The number of rotatable bonds is 5. The molecule has 0 fully saturated rings. The van der Waals surface area contributed by atoms with E-state index in [9.17, 15) is 4.39 Å². The van der Waals surface area contributed by atoms with E-state index in [2.05, 4.69) is 30.2 Å². The quantitative estimate of drug-likeness (QED) is 0.480. The molecule has 0 saturated heterocycles. The van der Waals surface area contributed by atoms with Crippen LogP contribution in [0.5, 0.6) is 0 Å². The third-order valence-electron chi connectivity index (χ3n) is 4.86. The number of hydrogen-bond acceptors (Lipinski definition) is 8. The topological polar surface area (TPSA) is 92.8 Å². The van der Waals surface area contributed by atoms with Crippen LogP contribution < -0.4 is 16.0 Å². The van der Waals surface area contributed by atoms with Crippen molar-refractivity contribution >= 4 is 35.0 Å². The Morgan fingerprint density at radius 3 is 2.55 bits per heavy atom. The van der Waals surface area contributed by atoms with Crippen LogP contribution in [0.15, 0.2) is 77.0 Å². The molecule has 0 bridgehead atoms. The molecule has 0 amide bonds. The molecular weight excluding hydrogens is 413 g/mol. The molecule has 0 aliphatic carbocycles. The highest BCUT2D eigenvalue weighted by atomic mass is 32.2. The fourth-order valence-electron chi connectivity index (χ4n) is 3.40. The first kappa shape index (κ1) is 19.3. The third kappa shape index (κ3) is 4.26. The summed E-state index contributed by atoms with van der Waals surface area (Å²) in [5.74, 6) is 1.04. The normalized spacial score (nSPS) is 12.6. The van der Waals surface area contributed by atoms with Gasteiger partial charge >= 0.3 is 0 Å². The Labute approximate surface area is 182 Å². The average molecular weight is 432 g/mol. The van der Waals surface area contributed by atoms with Crippen molar-refractivity contribution in [2.45, 2.75) is 22.9 Å². The van der Waals surface area contributed by atoms with Crippen LogP contribution in [0.1, 0.15) is 11.1 Å². The van der Waals surface area contributed by atoms with Crippen molar-refractivity contribution in [1.29, 1.82) is 0 Å². The van der Waals surface area contributed by atoms with Crippen LogP contribution in [0, 0.1) is 5.82 Å². The molecule has 3 N–H and O–H groups in total. The van der Waals surface area contributed by atoms with E-state index >= 15 is 0 Å². The van der Waals surface area contributed by atoms with E-state index in [0.717, 1.165) is 11.4 Å². The Hall–Kier alpha value is -3.72. The van der Waals surface area contributed by atoms with E-state index in [0.29, 0.717) is 28.8 Å². The first-order chi connectivity index (χ1) is 15.1. The molecular formula is C22H18FN7S. The fraction of sp³-hybridized carbons (Fsp3) is 0.0909. The zero-order valence-corrected chi connectivity index (χ0v) is 17.2. The number of nitrogens with zero attached hydrogens (tertiary/aromatic N) is 5. The van der Waals surface area contributed by atoms with Gasteiger partial charge in [0, 0.05) is 59.4 Å². The Morgan fingerprint density at radius 1 is 0.935 bits per heavy atom. The third-order valence-corrected chi connectivity index (χ3v) is 5.92. The second-order valence-corrected chi connectivity index (χ2v) is 8.14. The molecule has 3 aromatic heterocycles. The average Bonchev–Trinajstić information content (AvgIpc) is 3.21. The Kier molecular flexibility index (Phi) is 5.09. The maximum Gasteiger partial charge on any atom is 0.223 e. The monoisotopic (exact) mass is 431 g/mol. The SMILES string of the molecule is Nc1nc(Nc2ccc(Sc3ccncc3)c(F)c2)cc(N2Cc3ccncc3C2)n1. The molecule has 1 aliphatic rings. The van der Waals surface area contributed by atoms with Gasteiger partial charge in [-0.1, -0.05) is 11.8 Å².